The minimum Gasteiger partial charge on any atom is -0.393 e. The molecule has 0 aliphatic carbocycles. The first-order chi connectivity index (χ1) is 11.9. The molecule has 152 valence electrons. The van der Waals surface area contributed by atoms with Gasteiger partial charge in [-0.25, -0.2) is 0 Å². The van der Waals surface area contributed by atoms with E-state index < -0.39 is 21.5 Å². The standard InChI is InChI=1S/C20H42O4S/c1-3-5-7-9-10-11-12-13-14-16-19(21)18-20(25(22,23)24)17-15-8-6-4-2/h19-21H,3-18H2,1-2H3,(H,22,23,24). The number of aliphatic hydroxyl groups is 1. The third-order valence-corrected chi connectivity index (χ3v) is 6.25. The van der Waals surface area contributed by atoms with Gasteiger partial charge in [0.1, 0.15) is 0 Å². The van der Waals surface area contributed by atoms with E-state index in [0.717, 1.165) is 38.5 Å². The quantitative estimate of drug-likeness (QED) is 0.230. The van der Waals surface area contributed by atoms with E-state index in [1.807, 2.05) is 0 Å². The summed E-state index contributed by atoms with van der Waals surface area (Å²) in [4.78, 5) is 0. The Morgan fingerprint density at radius 1 is 0.680 bits per heavy atom. The molecule has 0 saturated heterocycles. The fraction of sp³-hybridized carbons (Fsp3) is 1.00. The van der Waals surface area contributed by atoms with Gasteiger partial charge >= 0.3 is 0 Å². The molecule has 0 heterocycles. The maximum atomic E-state index is 11.5. The van der Waals surface area contributed by atoms with Gasteiger partial charge in [-0.1, -0.05) is 97.3 Å². The van der Waals surface area contributed by atoms with E-state index in [4.69, 9.17) is 0 Å². The highest BCUT2D eigenvalue weighted by Crippen LogP contribution is 2.19. The van der Waals surface area contributed by atoms with Crippen LogP contribution in [0.3, 0.4) is 0 Å². The molecule has 0 aliphatic rings. The van der Waals surface area contributed by atoms with E-state index in [9.17, 15) is 18.1 Å². The van der Waals surface area contributed by atoms with Crippen molar-refractivity contribution in [1.29, 1.82) is 0 Å². The smallest absolute Gasteiger partial charge is 0.267 e. The van der Waals surface area contributed by atoms with Crippen molar-refractivity contribution in [2.24, 2.45) is 0 Å². The molecule has 25 heavy (non-hydrogen) atoms. The van der Waals surface area contributed by atoms with Crippen LogP contribution in [-0.2, 0) is 10.1 Å². The first-order valence-corrected chi connectivity index (χ1v) is 12.1. The van der Waals surface area contributed by atoms with Gasteiger partial charge in [0.25, 0.3) is 10.1 Å². The molecule has 0 aliphatic heterocycles. The molecule has 0 aromatic heterocycles. The van der Waals surface area contributed by atoms with Crippen molar-refractivity contribution in [3.05, 3.63) is 0 Å². The van der Waals surface area contributed by atoms with Gasteiger partial charge in [-0.05, 0) is 19.3 Å². The molecular weight excluding hydrogens is 336 g/mol. The van der Waals surface area contributed by atoms with Crippen LogP contribution in [0.15, 0.2) is 0 Å². The van der Waals surface area contributed by atoms with E-state index >= 15 is 0 Å². The first-order valence-electron chi connectivity index (χ1n) is 10.6. The monoisotopic (exact) mass is 378 g/mol. The van der Waals surface area contributed by atoms with Crippen LogP contribution in [0.5, 0.6) is 0 Å². The molecule has 0 rings (SSSR count). The number of hydrogen-bond donors (Lipinski definition) is 2. The van der Waals surface area contributed by atoms with E-state index in [1.165, 1.54) is 44.9 Å². The first kappa shape index (κ1) is 24.9. The predicted molar refractivity (Wildman–Crippen MR) is 107 cm³/mol. The molecular formula is C20H42O4S. The molecule has 0 saturated carbocycles. The molecule has 0 amide bonds. The second kappa shape index (κ2) is 16.1. The summed E-state index contributed by atoms with van der Waals surface area (Å²) in [6, 6.07) is 0. The molecule has 0 radical (unpaired) electrons. The molecule has 4 nitrogen and oxygen atoms in total. The Kier molecular flexibility index (Phi) is 16.0. The average Bonchev–Trinajstić information content (AvgIpc) is 2.55. The van der Waals surface area contributed by atoms with Gasteiger partial charge in [-0.2, -0.15) is 8.42 Å². The summed E-state index contributed by atoms with van der Waals surface area (Å²) < 4.78 is 32.4. The molecule has 0 aromatic carbocycles. The van der Waals surface area contributed by atoms with Crippen LogP contribution in [0, 0.1) is 0 Å². The zero-order valence-electron chi connectivity index (χ0n) is 16.6. The Morgan fingerprint density at radius 3 is 1.56 bits per heavy atom. The summed E-state index contributed by atoms with van der Waals surface area (Å²) in [5.41, 5.74) is 0. The molecule has 2 unspecified atom stereocenters. The van der Waals surface area contributed by atoms with Crippen molar-refractivity contribution in [1.82, 2.24) is 0 Å². The Hall–Kier alpha value is -0.130. The van der Waals surface area contributed by atoms with E-state index in [2.05, 4.69) is 13.8 Å². The van der Waals surface area contributed by atoms with Gasteiger partial charge in [-0.15, -0.1) is 0 Å². The summed E-state index contributed by atoms with van der Waals surface area (Å²) in [5.74, 6) is 0. The summed E-state index contributed by atoms with van der Waals surface area (Å²) in [5, 5.41) is 9.30. The Labute approximate surface area is 156 Å². The van der Waals surface area contributed by atoms with Gasteiger partial charge in [0.2, 0.25) is 0 Å². The van der Waals surface area contributed by atoms with Crippen molar-refractivity contribution in [3.63, 3.8) is 0 Å². The van der Waals surface area contributed by atoms with Gasteiger partial charge < -0.3 is 5.11 Å². The number of hydrogen-bond acceptors (Lipinski definition) is 3. The van der Waals surface area contributed by atoms with Crippen LogP contribution in [-0.4, -0.2) is 29.4 Å². The van der Waals surface area contributed by atoms with Crippen molar-refractivity contribution in [3.8, 4) is 0 Å². The lowest BCUT2D eigenvalue weighted by molar-refractivity contribution is 0.146. The molecule has 2 atom stereocenters. The second-order valence-electron chi connectivity index (χ2n) is 7.49. The normalized spacial score (nSPS) is 14.6. The lowest BCUT2D eigenvalue weighted by Crippen LogP contribution is -2.26. The predicted octanol–water partition coefficient (Wildman–Crippen LogP) is 5.89. The lowest BCUT2D eigenvalue weighted by Gasteiger charge is -2.18. The molecule has 0 fully saturated rings. The van der Waals surface area contributed by atoms with Crippen LogP contribution in [0.1, 0.15) is 117 Å². The van der Waals surface area contributed by atoms with Crippen LogP contribution in [0.4, 0.5) is 0 Å². The zero-order valence-corrected chi connectivity index (χ0v) is 17.4. The fourth-order valence-corrected chi connectivity index (χ4v) is 4.23. The fourth-order valence-electron chi connectivity index (χ4n) is 3.30. The number of aliphatic hydroxyl groups excluding tert-OH is 1. The Bertz CT molecular complexity index is 381. The molecule has 2 N–H and O–H groups in total. The summed E-state index contributed by atoms with van der Waals surface area (Å²) in [6.45, 7) is 4.33. The van der Waals surface area contributed by atoms with Crippen LogP contribution in [0.2, 0.25) is 0 Å². The highest BCUT2D eigenvalue weighted by atomic mass is 32.2. The minimum absolute atomic E-state index is 0.169. The molecule has 5 heteroatoms. The maximum absolute atomic E-state index is 11.5. The van der Waals surface area contributed by atoms with Crippen molar-refractivity contribution >= 4 is 10.1 Å². The summed E-state index contributed by atoms with van der Waals surface area (Å²) in [6.07, 6.45) is 15.6. The average molecular weight is 379 g/mol. The molecule has 0 bridgehead atoms. The van der Waals surface area contributed by atoms with Gasteiger partial charge in [0.15, 0.2) is 0 Å². The highest BCUT2D eigenvalue weighted by Gasteiger charge is 2.25. The zero-order chi connectivity index (χ0) is 19.0. The van der Waals surface area contributed by atoms with E-state index in [-0.39, 0.29) is 6.42 Å². The third-order valence-electron chi connectivity index (χ3n) is 4.98. The van der Waals surface area contributed by atoms with Crippen LogP contribution >= 0.6 is 0 Å². The van der Waals surface area contributed by atoms with Crippen LogP contribution < -0.4 is 0 Å². The van der Waals surface area contributed by atoms with Crippen molar-refractivity contribution in [2.75, 3.05) is 0 Å². The van der Waals surface area contributed by atoms with Crippen molar-refractivity contribution in [2.45, 2.75) is 128 Å². The second-order valence-corrected chi connectivity index (χ2v) is 9.19. The number of rotatable bonds is 18. The van der Waals surface area contributed by atoms with Crippen molar-refractivity contribution < 1.29 is 18.1 Å². The highest BCUT2D eigenvalue weighted by molar-refractivity contribution is 7.86. The van der Waals surface area contributed by atoms with E-state index in [1.54, 1.807) is 0 Å². The van der Waals surface area contributed by atoms with Gasteiger partial charge in [-0.3, -0.25) is 4.55 Å². The Morgan fingerprint density at radius 2 is 1.08 bits per heavy atom. The molecule has 0 spiro atoms. The maximum Gasteiger partial charge on any atom is 0.267 e. The molecule has 0 aromatic rings. The largest absolute Gasteiger partial charge is 0.393 e. The Balaban J connectivity index is 3.82. The van der Waals surface area contributed by atoms with Gasteiger partial charge in [0, 0.05) is 0 Å². The minimum atomic E-state index is -4.06. The van der Waals surface area contributed by atoms with Crippen LogP contribution in [0.25, 0.3) is 0 Å². The topological polar surface area (TPSA) is 74.6 Å². The summed E-state index contributed by atoms with van der Waals surface area (Å²) >= 11 is 0. The van der Waals surface area contributed by atoms with Gasteiger partial charge in [0.05, 0.1) is 11.4 Å². The lowest BCUT2D eigenvalue weighted by atomic mass is 10.0. The third kappa shape index (κ3) is 15.8. The number of unbranched alkanes of at least 4 members (excludes halogenated alkanes) is 11. The SMILES string of the molecule is CCCCCCCCCCCC(O)CC(CCCCCC)S(=O)(=O)O. The summed E-state index contributed by atoms with van der Waals surface area (Å²) in [7, 11) is -4.06. The van der Waals surface area contributed by atoms with E-state index in [0.29, 0.717) is 12.8 Å².